The minimum atomic E-state index is -0.107. The maximum Gasteiger partial charge on any atom is 0.305 e. The Morgan fingerprint density at radius 3 is 2.50 bits per heavy atom. The Kier molecular flexibility index (Phi) is 6.66. The molecule has 0 saturated carbocycles. The molecule has 26 heavy (non-hydrogen) atoms. The molecule has 0 bridgehead atoms. The molecular weight excluding hydrogens is 322 g/mol. The number of unbranched alkanes of at least 4 members (excludes halogenated alkanes) is 1. The minimum Gasteiger partial charge on any atom is -0.465 e. The van der Waals surface area contributed by atoms with Gasteiger partial charge in [-0.1, -0.05) is 60.7 Å². The molecule has 0 radical (unpaired) electrons. The summed E-state index contributed by atoms with van der Waals surface area (Å²) in [6.45, 7) is 1.31. The number of para-hydroxylation sites is 1. The smallest absolute Gasteiger partial charge is 0.305 e. The average molecular weight is 347 g/mol. The van der Waals surface area contributed by atoms with Crippen LogP contribution < -0.4 is 5.32 Å². The van der Waals surface area contributed by atoms with Crippen LogP contribution in [0, 0.1) is 0 Å². The lowest BCUT2D eigenvalue weighted by atomic mass is 10.0. The zero-order valence-corrected chi connectivity index (χ0v) is 15.0. The number of carbonyl (C=O) groups excluding carboxylic acids is 1. The lowest BCUT2D eigenvalue weighted by Crippen LogP contribution is -2.09. The van der Waals surface area contributed by atoms with Crippen molar-refractivity contribution in [1.82, 2.24) is 0 Å². The van der Waals surface area contributed by atoms with E-state index in [9.17, 15) is 4.79 Å². The van der Waals surface area contributed by atoms with Crippen LogP contribution in [0.2, 0.25) is 0 Å². The van der Waals surface area contributed by atoms with Crippen molar-refractivity contribution in [3.63, 3.8) is 0 Å². The molecule has 0 aliphatic rings. The highest BCUT2D eigenvalue weighted by molar-refractivity contribution is 5.85. The number of hydrogen-bond acceptors (Lipinski definition) is 3. The molecule has 0 amide bonds. The number of benzene rings is 3. The molecule has 3 rings (SSSR count). The lowest BCUT2D eigenvalue weighted by Gasteiger charge is -2.08. The molecule has 0 fully saturated rings. The second-order valence-corrected chi connectivity index (χ2v) is 6.36. The van der Waals surface area contributed by atoms with E-state index in [2.05, 4.69) is 35.6 Å². The van der Waals surface area contributed by atoms with Crippen molar-refractivity contribution < 1.29 is 9.53 Å². The molecule has 134 valence electrons. The largest absolute Gasteiger partial charge is 0.465 e. The molecule has 3 aromatic carbocycles. The standard InChI is InChI=1S/C23H25NO2/c25-23(15-6-7-17-24-21-12-2-1-3-13-21)26-18-16-20-11-8-10-19-9-4-5-14-22(19)20/h1-5,8-14,24H,6-7,15-18H2. The zero-order valence-electron chi connectivity index (χ0n) is 15.0. The predicted molar refractivity (Wildman–Crippen MR) is 107 cm³/mol. The summed E-state index contributed by atoms with van der Waals surface area (Å²) in [5.41, 5.74) is 2.34. The lowest BCUT2D eigenvalue weighted by molar-refractivity contribution is -0.143. The van der Waals surface area contributed by atoms with Gasteiger partial charge in [0, 0.05) is 25.1 Å². The number of rotatable bonds is 9. The summed E-state index contributed by atoms with van der Waals surface area (Å²) >= 11 is 0. The van der Waals surface area contributed by atoms with E-state index in [-0.39, 0.29) is 5.97 Å². The first-order valence-corrected chi connectivity index (χ1v) is 9.24. The SMILES string of the molecule is O=C(CCCCNc1ccccc1)OCCc1cccc2ccccc12. The number of fused-ring (bicyclic) bond motifs is 1. The van der Waals surface area contributed by atoms with Gasteiger partial charge in [0.05, 0.1) is 6.61 Å². The van der Waals surface area contributed by atoms with Crippen molar-refractivity contribution in [2.45, 2.75) is 25.7 Å². The van der Waals surface area contributed by atoms with Crippen molar-refractivity contribution in [2.75, 3.05) is 18.5 Å². The van der Waals surface area contributed by atoms with Gasteiger partial charge in [-0.2, -0.15) is 0 Å². The van der Waals surface area contributed by atoms with Crippen LogP contribution in [0.4, 0.5) is 5.69 Å². The van der Waals surface area contributed by atoms with Crippen LogP contribution in [0.15, 0.2) is 72.8 Å². The average Bonchev–Trinajstić information content (AvgIpc) is 2.69. The van der Waals surface area contributed by atoms with Crippen molar-refractivity contribution >= 4 is 22.4 Å². The van der Waals surface area contributed by atoms with Gasteiger partial charge >= 0.3 is 5.97 Å². The number of ether oxygens (including phenoxy) is 1. The van der Waals surface area contributed by atoms with Crippen LogP contribution in [0.3, 0.4) is 0 Å². The molecular formula is C23H25NO2. The fourth-order valence-electron chi connectivity index (χ4n) is 3.04. The third kappa shape index (κ3) is 5.35. The highest BCUT2D eigenvalue weighted by Crippen LogP contribution is 2.19. The molecule has 0 heterocycles. The van der Waals surface area contributed by atoms with Crippen molar-refractivity contribution in [3.05, 3.63) is 78.4 Å². The van der Waals surface area contributed by atoms with Gasteiger partial charge in [0.2, 0.25) is 0 Å². The number of hydrogen-bond donors (Lipinski definition) is 1. The van der Waals surface area contributed by atoms with Gasteiger partial charge in [-0.3, -0.25) is 4.79 Å². The van der Waals surface area contributed by atoms with Gasteiger partial charge in [-0.15, -0.1) is 0 Å². The molecule has 0 unspecified atom stereocenters. The minimum absolute atomic E-state index is 0.107. The fraction of sp³-hybridized carbons (Fsp3) is 0.261. The second-order valence-electron chi connectivity index (χ2n) is 6.36. The van der Waals surface area contributed by atoms with E-state index in [1.165, 1.54) is 16.3 Å². The zero-order chi connectivity index (χ0) is 18.0. The van der Waals surface area contributed by atoms with Crippen LogP contribution >= 0.6 is 0 Å². The maximum atomic E-state index is 11.9. The van der Waals surface area contributed by atoms with Gasteiger partial charge in [-0.25, -0.2) is 0 Å². The number of carbonyl (C=O) groups is 1. The van der Waals surface area contributed by atoms with Crippen molar-refractivity contribution in [2.24, 2.45) is 0 Å². The fourth-order valence-corrected chi connectivity index (χ4v) is 3.04. The molecule has 0 spiro atoms. The van der Waals surface area contributed by atoms with Crippen LogP contribution in [0.25, 0.3) is 10.8 Å². The topological polar surface area (TPSA) is 38.3 Å². The molecule has 1 N–H and O–H groups in total. The van der Waals surface area contributed by atoms with Crippen LogP contribution in [-0.2, 0) is 16.0 Å². The first kappa shape index (κ1) is 18.0. The quantitative estimate of drug-likeness (QED) is 0.427. The molecule has 0 aliphatic heterocycles. The van der Waals surface area contributed by atoms with Gasteiger partial charge in [-0.05, 0) is 41.3 Å². The van der Waals surface area contributed by atoms with Gasteiger partial charge in [0.25, 0.3) is 0 Å². The molecule has 0 aliphatic carbocycles. The molecule has 0 atom stereocenters. The monoisotopic (exact) mass is 347 g/mol. The van der Waals surface area contributed by atoms with Crippen LogP contribution in [0.1, 0.15) is 24.8 Å². The number of nitrogens with one attached hydrogen (secondary N) is 1. The van der Waals surface area contributed by atoms with E-state index < -0.39 is 0 Å². The van der Waals surface area contributed by atoms with Gasteiger partial charge < -0.3 is 10.1 Å². The highest BCUT2D eigenvalue weighted by Gasteiger charge is 2.05. The van der Waals surface area contributed by atoms with Gasteiger partial charge in [0.1, 0.15) is 0 Å². The maximum absolute atomic E-state index is 11.9. The van der Waals surface area contributed by atoms with E-state index in [4.69, 9.17) is 4.74 Å². The second kappa shape index (κ2) is 9.62. The summed E-state index contributed by atoms with van der Waals surface area (Å²) in [4.78, 5) is 11.9. The highest BCUT2D eigenvalue weighted by atomic mass is 16.5. The molecule has 0 saturated heterocycles. The summed E-state index contributed by atoms with van der Waals surface area (Å²) in [6.07, 6.45) is 3.02. The first-order valence-electron chi connectivity index (χ1n) is 9.24. The Hall–Kier alpha value is -2.81. The Labute approximate surface area is 155 Å². The predicted octanol–water partition coefficient (Wildman–Crippen LogP) is 5.21. The van der Waals surface area contributed by atoms with Crippen molar-refractivity contribution in [3.8, 4) is 0 Å². The molecule has 3 aromatic rings. The normalized spacial score (nSPS) is 10.6. The Morgan fingerprint density at radius 2 is 1.62 bits per heavy atom. The van der Waals surface area contributed by atoms with E-state index in [0.717, 1.165) is 31.5 Å². The Balaban J connectivity index is 1.33. The summed E-state index contributed by atoms with van der Waals surface area (Å²) < 4.78 is 5.40. The first-order chi connectivity index (χ1) is 12.8. The Bertz CT molecular complexity index is 824. The molecule has 3 nitrogen and oxygen atoms in total. The summed E-state index contributed by atoms with van der Waals surface area (Å²) in [5.74, 6) is -0.107. The molecule has 3 heteroatoms. The molecule has 0 aromatic heterocycles. The van der Waals surface area contributed by atoms with Crippen LogP contribution in [0.5, 0.6) is 0 Å². The third-order valence-electron chi connectivity index (χ3n) is 4.42. The van der Waals surface area contributed by atoms with E-state index in [0.29, 0.717) is 13.0 Å². The third-order valence-corrected chi connectivity index (χ3v) is 4.42. The van der Waals surface area contributed by atoms with E-state index in [1.807, 2.05) is 42.5 Å². The van der Waals surface area contributed by atoms with E-state index in [1.54, 1.807) is 0 Å². The summed E-state index contributed by atoms with van der Waals surface area (Å²) in [6, 6.07) is 24.7. The van der Waals surface area contributed by atoms with Gasteiger partial charge in [0.15, 0.2) is 0 Å². The van der Waals surface area contributed by atoms with Crippen molar-refractivity contribution in [1.29, 1.82) is 0 Å². The number of anilines is 1. The Morgan fingerprint density at radius 1 is 0.846 bits per heavy atom. The summed E-state index contributed by atoms with van der Waals surface area (Å²) in [7, 11) is 0. The number of esters is 1. The van der Waals surface area contributed by atoms with Crippen LogP contribution in [-0.4, -0.2) is 19.1 Å². The van der Waals surface area contributed by atoms with E-state index >= 15 is 0 Å². The summed E-state index contributed by atoms with van der Waals surface area (Å²) in [5, 5.41) is 5.81.